The van der Waals surface area contributed by atoms with Crippen LogP contribution < -0.4 is 4.90 Å². The molecule has 2 nitrogen and oxygen atoms in total. The van der Waals surface area contributed by atoms with E-state index in [1.165, 1.54) is 16.9 Å². The normalized spacial score (nSPS) is 10.7. The van der Waals surface area contributed by atoms with E-state index in [9.17, 15) is 0 Å². The predicted octanol–water partition coefficient (Wildman–Crippen LogP) is 4.93. The Balaban J connectivity index is 2.13. The van der Waals surface area contributed by atoms with E-state index in [2.05, 4.69) is 37.9 Å². The molecule has 0 aliphatic carbocycles. The van der Waals surface area contributed by atoms with Crippen molar-refractivity contribution in [3.05, 3.63) is 44.3 Å². The Labute approximate surface area is 129 Å². The molecular formula is C12H11BrCl2N2S. The molecule has 0 atom stereocenters. The molecule has 1 aromatic carbocycles. The third kappa shape index (κ3) is 3.38. The summed E-state index contributed by atoms with van der Waals surface area (Å²) in [4.78, 5) is 7.29. The number of alkyl halides is 1. The number of halogens is 3. The van der Waals surface area contributed by atoms with E-state index in [0.29, 0.717) is 11.0 Å². The van der Waals surface area contributed by atoms with Gasteiger partial charge in [-0.25, -0.2) is 4.98 Å². The van der Waals surface area contributed by atoms with Gasteiger partial charge in [0.15, 0.2) is 5.13 Å². The molecule has 0 fully saturated rings. The van der Waals surface area contributed by atoms with Gasteiger partial charge in [0.25, 0.3) is 0 Å². The molecule has 0 bridgehead atoms. The van der Waals surface area contributed by atoms with Crippen LogP contribution in [0.3, 0.4) is 0 Å². The van der Waals surface area contributed by atoms with Gasteiger partial charge in [-0.15, -0.1) is 11.6 Å². The van der Waals surface area contributed by atoms with Crippen LogP contribution in [0.1, 0.15) is 10.4 Å². The van der Waals surface area contributed by atoms with Gasteiger partial charge in [-0.3, -0.25) is 0 Å². The van der Waals surface area contributed by atoms with Crippen molar-refractivity contribution in [2.45, 2.75) is 12.4 Å². The number of hydrogen-bond acceptors (Lipinski definition) is 3. The summed E-state index contributed by atoms with van der Waals surface area (Å²) in [6.07, 6.45) is 0. The average Bonchev–Trinajstić information content (AvgIpc) is 2.70. The first-order valence-electron chi connectivity index (χ1n) is 5.27. The van der Waals surface area contributed by atoms with E-state index in [0.717, 1.165) is 21.0 Å². The standard InChI is InChI=1S/C12H11BrCl2N2S/c1-17(7-8-3-2-4-9(13)5-8)12-16-11(15)10(6-14)18-12/h2-5H,6-7H2,1H3. The molecule has 0 unspecified atom stereocenters. The Morgan fingerprint density at radius 3 is 2.83 bits per heavy atom. The van der Waals surface area contributed by atoms with Gasteiger partial charge in [-0.05, 0) is 17.7 Å². The third-order valence-electron chi connectivity index (χ3n) is 2.40. The number of hydrogen-bond donors (Lipinski definition) is 0. The molecule has 0 aliphatic rings. The highest BCUT2D eigenvalue weighted by molar-refractivity contribution is 9.10. The minimum atomic E-state index is 0.404. The largest absolute Gasteiger partial charge is 0.347 e. The van der Waals surface area contributed by atoms with Gasteiger partial charge in [-0.1, -0.05) is 51.0 Å². The van der Waals surface area contributed by atoms with Crippen LogP contribution in [0.5, 0.6) is 0 Å². The van der Waals surface area contributed by atoms with Crippen molar-refractivity contribution in [2.24, 2.45) is 0 Å². The lowest BCUT2D eigenvalue weighted by Gasteiger charge is -2.15. The fraction of sp³-hybridized carbons (Fsp3) is 0.250. The Kier molecular flexibility index (Phi) is 4.90. The molecule has 0 saturated heterocycles. The van der Waals surface area contributed by atoms with Crippen molar-refractivity contribution in [1.82, 2.24) is 4.98 Å². The van der Waals surface area contributed by atoms with Crippen molar-refractivity contribution in [3.63, 3.8) is 0 Å². The number of thiazole rings is 1. The van der Waals surface area contributed by atoms with E-state index < -0.39 is 0 Å². The van der Waals surface area contributed by atoms with E-state index in [4.69, 9.17) is 23.2 Å². The molecule has 96 valence electrons. The summed E-state index contributed by atoms with van der Waals surface area (Å²) in [5, 5.41) is 1.39. The zero-order valence-electron chi connectivity index (χ0n) is 9.66. The van der Waals surface area contributed by atoms with Crippen LogP contribution >= 0.6 is 50.5 Å². The van der Waals surface area contributed by atoms with Crippen LogP contribution in [-0.4, -0.2) is 12.0 Å². The van der Waals surface area contributed by atoms with Gasteiger partial charge in [-0.2, -0.15) is 0 Å². The number of anilines is 1. The average molecular weight is 366 g/mol. The molecule has 0 radical (unpaired) electrons. The van der Waals surface area contributed by atoms with Crippen molar-refractivity contribution in [1.29, 1.82) is 0 Å². The second-order valence-corrected chi connectivity index (χ2v) is 6.43. The maximum atomic E-state index is 6.00. The molecule has 6 heteroatoms. The van der Waals surface area contributed by atoms with Crippen LogP contribution in [0.2, 0.25) is 5.15 Å². The minimum absolute atomic E-state index is 0.404. The second kappa shape index (κ2) is 6.24. The summed E-state index contributed by atoms with van der Waals surface area (Å²) in [7, 11) is 1.99. The van der Waals surface area contributed by atoms with E-state index >= 15 is 0 Å². The van der Waals surface area contributed by atoms with Crippen LogP contribution in [0, 0.1) is 0 Å². The Morgan fingerprint density at radius 1 is 1.44 bits per heavy atom. The Bertz CT molecular complexity index is 545. The quantitative estimate of drug-likeness (QED) is 0.713. The van der Waals surface area contributed by atoms with Crippen LogP contribution in [0.4, 0.5) is 5.13 Å². The fourth-order valence-electron chi connectivity index (χ4n) is 1.54. The highest BCUT2D eigenvalue weighted by Crippen LogP contribution is 2.31. The molecular weight excluding hydrogens is 355 g/mol. The number of rotatable bonds is 4. The SMILES string of the molecule is CN(Cc1cccc(Br)c1)c1nc(Cl)c(CCl)s1. The molecule has 0 N–H and O–H groups in total. The van der Waals surface area contributed by atoms with Gasteiger partial charge < -0.3 is 4.90 Å². The van der Waals surface area contributed by atoms with Crippen LogP contribution in [0.25, 0.3) is 0 Å². The smallest absolute Gasteiger partial charge is 0.187 e. The molecule has 0 spiro atoms. The number of nitrogens with zero attached hydrogens (tertiary/aromatic N) is 2. The third-order valence-corrected chi connectivity index (χ3v) is 4.91. The monoisotopic (exact) mass is 364 g/mol. The molecule has 0 saturated carbocycles. The van der Waals surface area contributed by atoms with E-state index in [1.54, 1.807) is 0 Å². The van der Waals surface area contributed by atoms with Crippen molar-refractivity contribution in [2.75, 3.05) is 11.9 Å². The second-order valence-electron chi connectivity index (χ2n) is 3.83. The molecule has 2 rings (SSSR count). The lowest BCUT2D eigenvalue weighted by molar-refractivity contribution is 0.914. The summed E-state index contributed by atoms with van der Waals surface area (Å²) in [5.41, 5.74) is 1.21. The molecule has 0 amide bonds. The van der Waals surface area contributed by atoms with E-state index in [-0.39, 0.29) is 0 Å². The first-order chi connectivity index (χ1) is 8.60. The van der Waals surface area contributed by atoms with Gasteiger partial charge in [0.1, 0.15) is 5.15 Å². The number of benzene rings is 1. The topological polar surface area (TPSA) is 16.1 Å². The summed E-state index contributed by atoms with van der Waals surface area (Å²) < 4.78 is 1.08. The maximum absolute atomic E-state index is 6.00. The first-order valence-corrected chi connectivity index (χ1v) is 7.79. The van der Waals surface area contributed by atoms with Gasteiger partial charge in [0.05, 0.1) is 10.8 Å². The summed E-state index contributed by atoms with van der Waals surface area (Å²) in [6, 6.07) is 8.20. The minimum Gasteiger partial charge on any atom is -0.347 e. The number of aromatic nitrogens is 1. The van der Waals surface area contributed by atoms with Crippen molar-refractivity contribution >= 4 is 55.6 Å². The maximum Gasteiger partial charge on any atom is 0.187 e. The Morgan fingerprint density at radius 2 is 2.22 bits per heavy atom. The zero-order chi connectivity index (χ0) is 13.1. The molecule has 1 heterocycles. The lowest BCUT2D eigenvalue weighted by Crippen LogP contribution is -2.15. The molecule has 1 aromatic heterocycles. The van der Waals surface area contributed by atoms with Crippen molar-refractivity contribution in [3.8, 4) is 0 Å². The fourth-order valence-corrected chi connectivity index (χ4v) is 3.42. The predicted molar refractivity (Wildman–Crippen MR) is 82.9 cm³/mol. The molecule has 18 heavy (non-hydrogen) atoms. The Hall–Kier alpha value is -0.290. The highest BCUT2D eigenvalue weighted by Gasteiger charge is 2.12. The summed E-state index contributed by atoms with van der Waals surface area (Å²) in [6.45, 7) is 0.783. The zero-order valence-corrected chi connectivity index (χ0v) is 13.6. The highest BCUT2D eigenvalue weighted by atomic mass is 79.9. The van der Waals surface area contributed by atoms with Crippen molar-refractivity contribution < 1.29 is 0 Å². The molecule has 0 aliphatic heterocycles. The van der Waals surface area contributed by atoms with E-state index in [1.807, 2.05) is 19.2 Å². The molecule has 2 aromatic rings. The first kappa shape index (κ1) is 14.1. The van der Waals surface area contributed by atoms with Crippen LogP contribution in [-0.2, 0) is 12.4 Å². The summed E-state index contributed by atoms with van der Waals surface area (Å²) >= 11 is 16.8. The lowest BCUT2D eigenvalue weighted by atomic mass is 10.2. The van der Waals surface area contributed by atoms with Gasteiger partial charge in [0.2, 0.25) is 0 Å². The summed E-state index contributed by atoms with van der Waals surface area (Å²) in [5.74, 6) is 0.404. The van der Waals surface area contributed by atoms with Crippen LogP contribution in [0.15, 0.2) is 28.7 Å². The van der Waals surface area contributed by atoms with Gasteiger partial charge >= 0.3 is 0 Å². The van der Waals surface area contributed by atoms with Gasteiger partial charge in [0, 0.05) is 18.1 Å².